The third-order valence-electron chi connectivity index (χ3n) is 4.14. The average molecular weight is 278 g/mol. The van der Waals surface area contributed by atoms with Gasteiger partial charge in [-0.05, 0) is 43.3 Å². The molecule has 2 nitrogen and oxygen atoms in total. The van der Waals surface area contributed by atoms with Gasteiger partial charge in [0, 0.05) is 17.1 Å². The van der Waals surface area contributed by atoms with Crippen LogP contribution in [-0.4, -0.2) is 24.0 Å². The number of hydrogen-bond donors (Lipinski definition) is 1. The summed E-state index contributed by atoms with van der Waals surface area (Å²) in [4.78, 5) is 5.66. The zero-order valence-electron chi connectivity index (χ0n) is 12.9. The lowest BCUT2D eigenvalue weighted by Crippen LogP contribution is -2.20. The molecule has 1 unspecified atom stereocenters. The lowest BCUT2D eigenvalue weighted by atomic mass is 9.96. The molecule has 0 saturated carbocycles. The predicted molar refractivity (Wildman–Crippen MR) is 89.6 cm³/mol. The van der Waals surface area contributed by atoms with Crippen molar-refractivity contribution in [2.45, 2.75) is 19.4 Å². The van der Waals surface area contributed by atoms with Crippen molar-refractivity contribution in [2.24, 2.45) is 0 Å². The fraction of sp³-hybridized carbons (Fsp3) is 0.263. The van der Waals surface area contributed by atoms with Gasteiger partial charge in [-0.25, -0.2) is 0 Å². The maximum atomic E-state index is 3.39. The average Bonchev–Trinajstić information content (AvgIpc) is 2.92. The first-order chi connectivity index (χ1) is 10.2. The second-order valence-electron chi connectivity index (χ2n) is 5.75. The molecule has 1 atom stereocenters. The summed E-state index contributed by atoms with van der Waals surface area (Å²) in [5.41, 5.74) is 5.25. The maximum absolute atomic E-state index is 3.39. The number of H-pyrrole nitrogens is 1. The normalized spacial score (nSPS) is 13.0. The van der Waals surface area contributed by atoms with E-state index in [1.165, 1.54) is 27.6 Å². The highest BCUT2D eigenvalue weighted by molar-refractivity contribution is 5.84. The predicted octanol–water partition coefficient (Wildman–Crippen LogP) is 4.38. The molecule has 1 N–H and O–H groups in total. The Morgan fingerprint density at radius 2 is 1.71 bits per heavy atom. The molecule has 1 heterocycles. The molecule has 0 bridgehead atoms. The molecule has 0 aliphatic carbocycles. The van der Waals surface area contributed by atoms with Crippen molar-refractivity contribution in [2.75, 3.05) is 14.1 Å². The Kier molecular flexibility index (Phi) is 3.80. The number of aryl methyl sites for hydroxylation is 1. The highest BCUT2D eigenvalue weighted by Crippen LogP contribution is 2.32. The van der Waals surface area contributed by atoms with Crippen molar-refractivity contribution in [1.29, 1.82) is 0 Å². The summed E-state index contributed by atoms with van der Waals surface area (Å²) in [5, 5.41) is 1.30. The minimum atomic E-state index is 0.270. The Bertz CT molecular complexity index is 723. The fourth-order valence-electron chi connectivity index (χ4n) is 3.01. The third kappa shape index (κ3) is 2.59. The number of aromatic nitrogens is 1. The maximum Gasteiger partial charge on any atom is 0.0617 e. The van der Waals surface area contributed by atoms with Crippen LogP contribution in [0.15, 0.2) is 54.7 Å². The Hall–Kier alpha value is -2.06. The van der Waals surface area contributed by atoms with E-state index in [-0.39, 0.29) is 6.04 Å². The molecule has 2 heteroatoms. The van der Waals surface area contributed by atoms with Crippen LogP contribution in [0.1, 0.15) is 29.7 Å². The van der Waals surface area contributed by atoms with Gasteiger partial charge in [-0.2, -0.15) is 0 Å². The molecule has 0 amide bonds. The van der Waals surface area contributed by atoms with E-state index in [0.717, 1.165) is 6.42 Å². The molecule has 0 aliphatic rings. The monoisotopic (exact) mass is 278 g/mol. The number of nitrogens with zero attached hydrogens (tertiary/aromatic N) is 1. The molecule has 0 fully saturated rings. The lowest BCUT2D eigenvalue weighted by Gasteiger charge is -2.25. The minimum Gasteiger partial charge on any atom is -0.361 e. The van der Waals surface area contributed by atoms with Crippen LogP contribution in [-0.2, 0) is 6.42 Å². The van der Waals surface area contributed by atoms with Crippen molar-refractivity contribution >= 4 is 10.9 Å². The summed E-state index contributed by atoms with van der Waals surface area (Å²) in [6.45, 7) is 2.19. The summed E-state index contributed by atoms with van der Waals surface area (Å²) in [7, 11) is 4.28. The quantitative estimate of drug-likeness (QED) is 0.750. The SMILES string of the molecule is CCc1ccc(C(c2c[nH]c3ccccc23)N(C)C)cc1. The standard InChI is InChI=1S/C19H22N2/c1-4-14-9-11-15(12-10-14)19(21(2)3)17-13-20-18-8-6-5-7-16(17)18/h5-13,19-20H,4H2,1-3H3. The van der Waals surface area contributed by atoms with Gasteiger partial charge in [0.1, 0.15) is 0 Å². The van der Waals surface area contributed by atoms with Crippen molar-refractivity contribution in [3.63, 3.8) is 0 Å². The molecule has 0 aliphatic heterocycles. The summed E-state index contributed by atoms with van der Waals surface area (Å²) < 4.78 is 0. The van der Waals surface area contributed by atoms with Gasteiger partial charge in [0.05, 0.1) is 6.04 Å². The molecule has 0 radical (unpaired) electrons. The van der Waals surface area contributed by atoms with Crippen molar-refractivity contribution < 1.29 is 0 Å². The van der Waals surface area contributed by atoms with E-state index in [0.29, 0.717) is 0 Å². The number of para-hydroxylation sites is 1. The Balaban J connectivity index is 2.09. The zero-order valence-corrected chi connectivity index (χ0v) is 12.9. The van der Waals surface area contributed by atoms with Crippen LogP contribution in [0, 0.1) is 0 Å². The first kappa shape index (κ1) is 13.9. The van der Waals surface area contributed by atoms with Gasteiger partial charge in [0.2, 0.25) is 0 Å². The van der Waals surface area contributed by atoms with Gasteiger partial charge in [-0.15, -0.1) is 0 Å². The molecule has 0 spiro atoms. The van der Waals surface area contributed by atoms with E-state index in [4.69, 9.17) is 0 Å². The van der Waals surface area contributed by atoms with Gasteiger partial charge in [-0.1, -0.05) is 49.4 Å². The third-order valence-corrected chi connectivity index (χ3v) is 4.14. The van der Waals surface area contributed by atoms with Crippen LogP contribution in [0.3, 0.4) is 0 Å². The minimum absolute atomic E-state index is 0.270. The Labute approximate surface area is 126 Å². The highest BCUT2D eigenvalue weighted by Gasteiger charge is 2.19. The van der Waals surface area contributed by atoms with Crippen LogP contribution >= 0.6 is 0 Å². The number of rotatable bonds is 4. The largest absolute Gasteiger partial charge is 0.361 e. The fourth-order valence-corrected chi connectivity index (χ4v) is 3.01. The van der Waals surface area contributed by atoms with Gasteiger partial charge in [0.25, 0.3) is 0 Å². The van der Waals surface area contributed by atoms with E-state index in [2.05, 4.69) is 85.6 Å². The molecule has 0 saturated heterocycles. The van der Waals surface area contributed by atoms with Crippen LogP contribution in [0.2, 0.25) is 0 Å². The topological polar surface area (TPSA) is 19.0 Å². The molecule has 3 rings (SSSR count). The summed E-state index contributed by atoms with van der Waals surface area (Å²) in [6.07, 6.45) is 3.23. The van der Waals surface area contributed by atoms with E-state index in [9.17, 15) is 0 Å². The van der Waals surface area contributed by atoms with Crippen molar-refractivity contribution in [3.8, 4) is 0 Å². The van der Waals surface area contributed by atoms with Gasteiger partial charge in [-0.3, -0.25) is 4.90 Å². The number of fused-ring (bicyclic) bond motifs is 1. The highest BCUT2D eigenvalue weighted by atomic mass is 15.1. The van der Waals surface area contributed by atoms with Gasteiger partial charge < -0.3 is 4.98 Å². The van der Waals surface area contributed by atoms with Crippen molar-refractivity contribution in [1.82, 2.24) is 9.88 Å². The second kappa shape index (κ2) is 5.74. The number of aromatic amines is 1. The molecule has 21 heavy (non-hydrogen) atoms. The van der Waals surface area contributed by atoms with Crippen LogP contribution in [0.4, 0.5) is 0 Å². The zero-order chi connectivity index (χ0) is 14.8. The Morgan fingerprint density at radius 1 is 1.00 bits per heavy atom. The lowest BCUT2D eigenvalue weighted by molar-refractivity contribution is 0.344. The molecular weight excluding hydrogens is 256 g/mol. The number of nitrogens with one attached hydrogen (secondary N) is 1. The summed E-state index contributed by atoms with van der Waals surface area (Å²) in [5.74, 6) is 0. The van der Waals surface area contributed by atoms with Gasteiger partial charge in [0.15, 0.2) is 0 Å². The first-order valence-electron chi connectivity index (χ1n) is 7.52. The molecular formula is C19H22N2. The van der Waals surface area contributed by atoms with Crippen LogP contribution in [0.25, 0.3) is 10.9 Å². The van der Waals surface area contributed by atoms with E-state index >= 15 is 0 Å². The molecule has 2 aromatic carbocycles. The number of hydrogen-bond acceptors (Lipinski definition) is 1. The van der Waals surface area contributed by atoms with E-state index in [1.807, 2.05) is 0 Å². The molecule has 3 aromatic rings. The first-order valence-corrected chi connectivity index (χ1v) is 7.52. The van der Waals surface area contributed by atoms with Crippen LogP contribution in [0.5, 0.6) is 0 Å². The van der Waals surface area contributed by atoms with Crippen LogP contribution < -0.4 is 0 Å². The molecule has 108 valence electrons. The smallest absolute Gasteiger partial charge is 0.0617 e. The van der Waals surface area contributed by atoms with E-state index in [1.54, 1.807) is 0 Å². The van der Waals surface area contributed by atoms with Crippen molar-refractivity contribution in [3.05, 3.63) is 71.4 Å². The van der Waals surface area contributed by atoms with Gasteiger partial charge >= 0.3 is 0 Å². The summed E-state index contributed by atoms with van der Waals surface area (Å²) in [6, 6.07) is 17.8. The second-order valence-corrected chi connectivity index (χ2v) is 5.75. The van der Waals surface area contributed by atoms with E-state index < -0.39 is 0 Å². The molecule has 1 aromatic heterocycles. The number of benzene rings is 2. The summed E-state index contributed by atoms with van der Waals surface area (Å²) >= 11 is 0. The Morgan fingerprint density at radius 3 is 2.38 bits per heavy atom.